The van der Waals surface area contributed by atoms with E-state index in [0.29, 0.717) is 0 Å². The molecule has 76 valence electrons. The predicted octanol–water partition coefficient (Wildman–Crippen LogP) is 2.72. The zero-order chi connectivity index (χ0) is 10.6. The molecule has 2 N–H and O–H groups in total. The number of carboxylic acids is 1. The predicted molar refractivity (Wildman–Crippen MR) is 59.5 cm³/mol. The third-order valence-electron chi connectivity index (χ3n) is 1.72. The van der Waals surface area contributed by atoms with Crippen molar-refractivity contribution >= 4 is 27.6 Å². The molecule has 1 rings (SSSR count). The molecule has 0 heterocycles. The van der Waals surface area contributed by atoms with E-state index in [2.05, 4.69) is 21.2 Å². The van der Waals surface area contributed by atoms with Crippen molar-refractivity contribution in [2.45, 2.75) is 19.4 Å². The fourth-order valence-electron chi connectivity index (χ4n) is 1.18. The van der Waals surface area contributed by atoms with Crippen molar-refractivity contribution in [3.63, 3.8) is 0 Å². The second-order valence-corrected chi connectivity index (χ2v) is 4.07. The summed E-state index contributed by atoms with van der Waals surface area (Å²) in [5.74, 6) is -0.792. The molecule has 0 fully saturated rings. The lowest BCUT2D eigenvalue weighted by molar-refractivity contribution is -0.137. The molecule has 1 atom stereocenters. The topological polar surface area (TPSA) is 49.3 Å². The van der Waals surface area contributed by atoms with E-state index in [0.717, 1.165) is 10.2 Å². The minimum atomic E-state index is -0.792. The monoisotopic (exact) mass is 257 g/mol. The number of anilines is 1. The van der Waals surface area contributed by atoms with Crippen LogP contribution in [0.3, 0.4) is 0 Å². The van der Waals surface area contributed by atoms with Gasteiger partial charge in [-0.25, -0.2) is 0 Å². The Morgan fingerprint density at radius 1 is 1.64 bits per heavy atom. The summed E-state index contributed by atoms with van der Waals surface area (Å²) >= 11 is 3.35. The van der Waals surface area contributed by atoms with Crippen LogP contribution in [0.1, 0.15) is 13.3 Å². The van der Waals surface area contributed by atoms with Gasteiger partial charge in [0.1, 0.15) is 0 Å². The molecule has 4 heteroatoms. The molecule has 0 aromatic heterocycles. The van der Waals surface area contributed by atoms with Gasteiger partial charge in [-0.15, -0.1) is 0 Å². The van der Waals surface area contributed by atoms with Crippen LogP contribution >= 0.6 is 15.9 Å². The van der Waals surface area contributed by atoms with Crippen LogP contribution in [0.2, 0.25) is 0 Å². The molecule has 3 nitrogen and oxygen atoms in total. The van der Waals surface area contributed by atoms with Crippen LogP contribution < -0.4 is 5.32 Å². The van der Waals surface area contributed by atoms with Crippen molar-refractivity contribution in [3.05, 3.63) is 28.7 Å². The first-order chi connectivity index (χ1) is 6.58. The summed E-state index contributed by atoms with van der Waals surface area (Å²) < 4.78 is 0.977. The summed E-state index contributed by atoms with van der Waals surface area (Å²) in [7, 11) is 0. The smallest absolute Gasteiger partial charge is 0.305 e. The lowest BCUT2D eigenvalue weighted by atomic mass is 10.2. The molecular formula is C10H12BrNO2. The number of carboxylic acid groups (broad SMARTS) is 1. The van der Waals surface area contributed by atoms with Crippen LogP contribution in [-0.4, -0.2) is 17.1 Å². The van der Waals surface area contributed by atoms with Crippen LogP contribution in [-0.2, 0) is 4.79 Å². The largest absolute Gasteiger partial charge is 0.481 e. The summed E-state index contributed by atoms with van der Waals surface area (Å²) in [5.41, 5.74) is 0.924. The molecule has 1 aromatic carbocycles. The van der Waals surface area contributed by atoms with Gasteiger partial charge in [-0.1, -0.05) is 22.0 Å². The van der Waals surface area contributed by atoms with Gasteiger partial charge in [0.25, 0.3) is 0 Å². The van der Waals surface area contributed by atoms with Crippen LogP contribution in [0.25, 0.3) is 0 Å². The van der Waals surface area contributed by atoms with Crippen molar-refractivity contribution in [2.24, 2.45) is 0 Å². The Hall–Kier alpha value is -1.03. The lowest BCUT2D eigenvalue weighted by Gasteiger charge is -2.12. The van der Waals surface area contributed by atoms with Gasteiger partial charge in [-0.05, 0) is 25.1 Å². The third kappa shape index (κ3) is 3.79. The highest BCUT2D eigenvalue weighted by molar-refractivity contribution is 9.10. The molecule has 0 radical (unpaired) electrons. The van der Waals surface area contributed by atoms with Gasteiger partial charge in [0.05, 0.1) is 6.42 Å². The molecule has 1 unspecified atom stereocenters. The van der Waals surface area contributed by atoms with Crippen molar-refractivity contribution in [1.29, 1.82) is 0 Å². The summed E-state index contributed by atoms with van der Waals surface area (Å²) in [6.07, 6.45) is 0.118. The quantitative estimate of drug-likeness (QED) is 0.872. The Balaban J connectivity index is 2.55. The van der Waals surface area contributed by atoms with Crippen LogP contribution in [0.15, 0.2) is 28.7 Å². The molecule has 0 amide bonds. The number of rotatable bonds is 4. The van der Waals surface area contributed by atoms with Gasteiger partial charge < -0.3 is 10.4 Å². The Bertz CT molecular complexity index is 328. The first-order valence-corrected chi connectivity index (χ1v) is 5.11. The lowest BCUT2D eigenvalue weighted by Crippen LogP contribution is -2.19. The molecule has 0 saturated carbocycles. The van der Waals surface area contributed by atoms with Crippen molar-refractivity contribution < 1.29 is 9.90 Å². The maximum absolute atomic E-state index is 10.4. The highest BCUT2D eigenvalue weighted by Crippen LogP contribution is 2.16. The average molecular weight is 258 g/mol. The van der Waals surface area contributed by atoms with Gasteiger partial charge in [0.15, 0.2) is 0 Å². The molecule has 0 spiro atoms. The second-order valence-electron chi connectivity index (χ2n) is 3.15. The van der Waals surface area contributed by atoms with Gasteiger partial charge >= 0.3 is 5.97 Å². The van der Waals surface area contributed by atoms with E-state index in [-0.39, 0.29) is 12.5 Å². The van der Waals surface area contributed by atoms with Gasteiger partial charge in [0.2, 0.25) is 0 Å². The minimum Gasteiger partial charge on any atom is -0.481 e. The maximum Gasteiger partial charge on any atom is 0.305 e. The van der Waals surface area contributed by atoms with E-state index in [4.69, 9.17) is 5.11 Å². The van der Waals surface area contributed by atoms with E-state index in [1.807, 2.05) is 31.2 Å². The molecule has 0 aliphatic heterocycles. The normalized spacial score (nSPS) is 12.1. The fourth-order valence-corrected chi connectivity index (χ4v) is 1.57. The number of nitrogens with one attached hydrogen (secondary N) is 1. The summed E-state index contributed by atoms with van der Waals surface area (Å²) in [6.45, 7) is 1.84. The molecular weight excluding hydrogens is 246 g/mol. The van der Waals surface area contributed by atoms with E-state index < -0.39 is 5.97 Å². The number of carbonyl (C=O) groups is 1. The van der Waals surface area contributed by atoms with E-state index >= 15 is 0 Å². The van der Waals surface area contributed by atoms with Crippen LogP contribution in [0.5, 0.6) is 0 Å². The van der Waals surface area contributed by atoms with Crippen molar-refractivity contribution in [1.82, 2.24) is 0 Å². The zero-order valence-corrected chi connectivity index (χ0v) is 9.41. The van der Waals surface area contributed by atoms with E-state index in [9.17, 15) is 4.79 Å². The van der Waals surface area contributed by atoms with E-state index in [1.165, 1.54) is 0 Å². The Labute approximate surface area is 91.3 Å². The van der Waals surface area contributed by atoms with Crippen LogP contribution in [0, 0.1) is 0 Å². The Morgan fingerprint density at radius 3 is 2.93 bits per heavy atom. The van der Waals surface area contributed by atoms with E-state index in [1.54, 1.807) is 0 Å². The average Bonchev–Trinajstić information content (AvgIpc) is 2.01. The van der Waals surface area contributed by atoms with Crippen molar-refractivity contribution in [3.8, 4) is 0 Å². The second kappa shape index (κ2) is 5.00. The maximum atomic E-state index is 10.4. The highest BCUT2D eigenvalue weighted by atomic mass is 79.9. The minimum absolute atomic E-state index is 0.0678. The fraction of sp³-hybridized carbons (Fsp3) is 0.300. The molecule has 14 heavy (non-hydrogen) atoms. The molecule has 0 saturated heterocycles. The summed E-state index contributed by atoms with van der Waals surface area (Å²) in [6, 6.07) is 7.58. The first kappa shape index (κ1) is 11.0. The number of hydrogen-bond donors (Lipinski definition) is 2. The molecule has 1 aromatic rings. The molecule has 0 aliphatic carbocycles. The van der Waals surface area contributed by atoms with Crippen molar-refractivity contribution in [2.75, 3.05) is 5.32 Å². The zero-order valence-electron chi connectivity index (χ0n) is 7.83. The number of aliphatic carboxylic acids is 1. The highest BCUT2D eigenvalue weighted by Gasteiger charge is 2.06. The SMILES string of the molecule is CC(CC(=O)O)Nc1cccc(Br)c1. The first-order valence-electron chi connectivity index (χ1n) is 4.32. The van der Waals surface area contributed by atoms with Gasteiger partial charge in [0, 0.05) is 16.2 Å². The third-order valence-corrected chi connectivity index (χ3v) is 2.21. The van der Waals surface area contributed by atoms with Crippen LogP contribution in [0.4, 0.5) is 5.69 Å². The Kier molecular flexibility index (Phi) is 3.95. The number of halogens is 1. The molecule has 0 aliphatic rings. The summed E-state index contributed by atoms with van der Waals surface area (Å²) in [4.78, 5) is 10.4. The summed E-state index contributed by atoms with van der Waals surface area (Å²) in [5, 5.41) is 11.7. The standard InChI is InChI=1S/C10H12BrNO2/c1-7(5-10(13)14)12-9-4-2-3-8(11)6-9/h2-4,6-7,12H,5H2,1H3,(H,13,14). The van der Waals surface area contributed by atoms with Gasteiger partial charge in [-0.3, -0.25) is 4.79 Å². The molecule has 0 bridgehead atoms. The van der Waals surface area contributed by atoms with Gasteiger partial charge in [-0.2, -0.15) is 0 Å². The number of benzene rings is 1. The number of hydrogen-bond acceptors (Lipinski definition) is 2. The Morgan fingerprint density at radius 2 is 2.36 bits per heavy atom.